The Kier molecular flexibility index (Phi) is 6.67. The fraction of sp³-hybridized carbons (Fsp3) is 0.250. The van der Waals surface area contributed by atoms with Gasteiger partial charge in [-0.05, 0) is 62.7 Å². The van der Waals surface area contributed by atoms with Crippen LogP contribution in [0.4, 0.5) is 4.39 Å². The third kappa shape index (κ3) is 4.76. The lowest BCUT2D eigenvalue weighted by atomic mass is 10.1. The van der Waals surface area contributed by atoms with Crippen LogP contribution in [0.15, 0.2) is 60.7 Å². The van der Waals surface area contributed by atoms with Crippen LogP contribution in [0.5, 0.6) is 5.75 Å². The van der Waals surface area contributed by atoms with E-state index in [0.717, 1.165) is 11.4 Å². The fourth-order valence-corrected chi connectivity index (χ4v) is 3.30. The number of hydrogen-bond donors (Lipinski definition) is 0. The Morgan fingerprint density at radius 3 is 2.33 bits per heavy atom. The van der Waals surface area contributed by atoms with Crippen molar-refractivity contribution in [3.05, 3.63) is 83.4 Å². The van der Waals surface area contributed by atoms with E-state index in [4.69, 9.17) is 9.47 Å². The van der Waals surface area contributed by atoms with Gasteiger partial charge in [-0.25, -0.2) is 9.18 Å². The van der Waals surface area contributed by atoms with E-state index in [1.165, 1.54) is 12.1 Å². The number of halogens is 1. The van der Waals surface area contributed by atoms with Crippen molar-refractivity contribution < 1.29 is 23.5 Å². The van der Waals surface area contributed by atoms with Crippen LogP contribution in [0.1, 0.15) is 35.1 Å². The van der Waals surface area contributed by atoms with E-state index in [0.29, 0.717) is 23.4 Å². The highest BCUT2D eigenvalue weighted by atomic mass is 19.1. The van der Waals surface area contributed by atoms with Crippen LogP contribution in [0.25, 0.3) is 5.69 Å². The quantitative estimate of drug-likeness (QED) is 0.395. The van der Waals surface area contributed by atoms with Crippen molar-refractivity contribution >= 4 is 11.8 Å². The smallest absolute Gasteiger partial charge is 0.347 e. The number of carbonyl (C=O) groups excluding carboxylic acids is 2. The first-order chi connectivity index (χ1) is 14.4. The number of hydrogen-bond acceptors (Lipinski definition) is 4. The topological polar surface area (TPSA) is 57.5 Å². The van der Waals surface area contributed by atoms with Gasteiger partial charge < -0.3 is 14.0 Å². The Balaban J connectivity index is 1.68. The number of ketones is 1. The van der Waals surface area contributed by atoms with E-state index < -0.39 is 12.1 Å². The lowest BCUT2D eigenvalue weighted by Crippen LogP contribution is -2.30. The molecule has 2 aromatic carbocycles. The highest BCUT2D eigenvalue weighted by Crippen LogP contribution is 2.22. The van der Waals surface area contributed by atoms with Crippen molar-refractivity contribution in [2.45, 2.75) is 33.3 Å². The van der Waals surface area contributed by atoms with Crippen molar-refractivity contribution in [2.75, 3.05) is 6.61 Å². The Morgan fingerprint density at radius 1 is 1.03 bits per heavy atom. The molecular weight excluding hydrogens is 385 g/mol. The molecule has 5 nitrogen and oxygen atoms in total. The van der Waals surface area contributed by atoms with Crippen molar-refractivity contribution in [1.29, 1.82) is 0 Å². The first-order valence-corrected chi connectivity index (χ1v) is 9.77. The number of rotatable bonds is 8. The molecule has 0 saturated carbocycles. The second-order valence-electron chi connectivity index (χ2n) is 6.96. The summed E-state index contributed by atoms with van der Waals surface area (Å²) in [4.78, 5) is 25.1. The summed E-state index contributed by atoms with van der Waals surface area (Å²) >= 11 is 0. The number of aromatic nitrogens is 1. The van der Waals surface area contributed by atoms with E-state index >= 15 is 0 Å². The van der Waals surface area contributed by atoms with E-state index in [2.05, 4.69) is 0 Å². The minimum atomic E-state index is -0.785. The lowest BCUT2D eigenvalue weighted by Gasteiger charge is -2.16. The van der Waals surface area contributed by atoms with Gasteiger partial charge in [0.25, 0.3) is 0 Å². The van der Waals surface area contributed by atoms with Crippen molar-refractivity contribution in [3.8, 4) is 11.4 Å². The number of Topliss-reactive ketones (excluding diaryl/α,β-unsaturated/α-hetero) is 1. The normalized spacial score (nSPS) is 11.7. The van der Waals surface area contributed by atoms with Gasteiger partial charge in [0.05, 0.1) is 0 Å². The second kappa shape index (κ2) is 9.39. The molecule has 156 valence electrons. The summed E-state index contributed by atoms with van der Waals surface area (Å²) in [5.74, 6) is -0.649. The van der Waals surface area contributed by atoms with Crippen LogP contribution in [-0.4, -0.2) is 29.0 Å². The molecule has 0 N–H and O–H groups in total. The molecule has 0 aliphatic carbocycles. The first-order valence-electron chi connectivity index (χ1n) is 9.77. The molecule has 1 heterocycles. The van der Waals surface area contributed by atoms with Crippen LogP contribution in [0.2, 0.25) is 0 Å². The Bertz CT molecular complexity index is 1030. The largest absolute Gasteiger partial charge is 0.479 e. The number of nitrogens with zero attached hydrogens (tertiary/aromatic N) is 1. The zero-order valence-corrected chi connectivity index (χ0v) is 17.2. The number of esters is 1. The average Bonchev–Trinajstić information content (AvgIpc) is 3.05. The maximum Gasteiger partial charge on any atom is 0.347 e. The average molecular weight is 409 g/mol. The third-order valence-corrected chi connectivity index (χ3v) is 4.82. The van der Waals surface area contributed by atoms with Crippen molar-refractivity contribution in [3.63, 3.8) is 0 Å². The monoisotopic (exact) mass is 409 g/mol. The fourth-order valence-electron chi connectivity index (χ4n) is 3.30. The van der Waals surface area contributed by atoms with Gasteiger partial charge in [-0.15, -0.1) is 0 Å². The maximum atomic E-state index is 13.2. The molecule has 0 radical (unpaired) electrons. The molecule has 0 spiro atoms. The first kappa shape index (κ1) is 21.3. The highest BCUT2D eigenvalue weighted by Gasteiger charge is 2.23. The molecule has 0 saturated heterocycles. The van der Waals surface area contributed by atoms with Crippen LogP contribution in [-0.2, 0) is 9.53 Å². The molecule has 0 unspecified atom stereocenters. The minimum Gasteiger partial charge on any atom is -0.479 e. The van der Waals surface area contributed by atoms with Gasteiger partial charge in [0.2, 0.25) is 5.78 Å². The lowest BCUT2D eigenvalue weighted by molar-refractivity contribution is -0.150. The summed E-state index contributed by atoms with van der Waals surface area (Å²) < 4.78 is 26.0. The Morgan fingerprint density at radius 2 is 1.70 bits per heavy atom. The van der Waals surface area contributed by atoms with E-state index in [1.54, 1.807) is 37.3 Å². The molecule has 0 aliphatic heterocycles. The summed E-state index contributed by atoms with van der Waals surface area (Å²) in [7, 11) is 0. The summed E-state index contributed by atoms with van der Waals surface area (Å²) in [5.41, 5.74) is 2.74. The van der Waals surface area contributed by atoms with Crippen LogP contribution < -0.4 is 4.74 Å². The number of aryl methyl sites for hydroxylation is 1. The molecule has 30 heavy (non-hydrogen) atoms. The molecule has 0 amide bonds. The Labute approximate surface area is 175 Å². The molecule has 6 heteroatoms. The van der Waals surface area contributed by atoms with Gasteiger partial charge in [-0.1, -0.05) is 25.1 Å². The SMILES string of the molecule is CC[C@@H](Oc1ccccc1)C(=O)OCC(=O)c1cc(C)n(-c2ccc(F)cc2)c1C. The zero-order chi connectivity index (χ0) is 21.7. The number of ether oxygens (including phenoxy) is 2. The maximum absolute atomic E-state index is 13.2. The molecule has 0 bridgehead atoms. The van der Waals surface area contributed by atoms with Crippen molar-refractivity contribution in [1.82, 2.24) is 4.57 Å². The highest BCUT2D eigenvalue weighted by molar-refractivity contribution is 5.99. The number of para-hydroxylation sites is 1. The predicted molar refractivity (Wildman–Crippen MR) is 112 cm³/mol. The predicted octanol–water partition coefficient (Wildman–Crippen LogP) is 4.82. The molecule has 3 rings (SSSR count). The summed E-state index contributed by atoms with van der Waals surface area (Å²) in [5, 5.41) is 0. The van der Waals surface area contributed by atoms with Crippen molar-refractivity contribution in [2.24, 2.45) is 0 Å². The zero-order valence-electron chi connectivity index (χ0n) is 17.2. The van der Waals surface area contributed by atoms with Gasteiger partial charge in [-0.3, -0.25) is 4.79 Å². The summed E-state index contributed by atoms with van der Waals surface area (Å²) in [6.07, 6.45) is -0.368. The standard InChI is InChI=1S/C24H24FNO4/c1-4-23(30-20-8-6-5-7-9-20)24(28)29-15-22(27)21-14-16(2)26(17(21)3)19-12-10-18(25)11-13-19/h5-14,23H,4,15H2,1-3H3/t23-/m1/s1. The molecule has 0 fully saturated rings. The van der Waals surface area contributed by atoms with Gasteiger partial charge in [0, 0.05) is 22.6 Å². The van der Waals surface area contributed by atoms with Gasteiger partial charge in [0.1, 0.15) is 11.6 Å². The van der Waals surface area contributed by atoms with Crippen LogP contribution >= 0.6 is 0 Å². The summed E-state index contributed by atoms with van der Waals surface area (Å²) in [6, 6.07) is 16.8. The van der Waals surface area contributed by atoms with Gasteiger partial charge >= 0.3 is 5.97 Å². The number of carbonyl (C=O) groups is 2. The minimum absolute atomic E-state index is 0.306. The van der Waals surface area contributed by atoms with Gasteiger partial charge in [-0.2, -0.15) is 0 Å². The molecule has 1 atom stereocenters. The van der Waals surface area contributed by atoms with Crippen LogP contribution in [0.3, 0.4) is 0 Å². The van der Waals surface area contributed by atoms with E-state index in [9.17, 15) is 14.0 Å². The number of benzene rings is 2. The Hall–Kier alpha value is -3.41. The van der Waals surface area contributed by atoms with E-state index in [1.807, 2.05) is 36.6 Å². The van der Waals surface area contributed by atoms with Gasteiger partial charge in [0.15, 0.2) is 12.7 Å². The van der Waals surface area contributed by atoms with E-state index in [-0.39, 0.29) is 18.2 Å². The third-order valence-electron chi connectivity index (χ3n) is 4.82. The molecular formula is C24H24FNO4. The molecule has 3 aromatic rings. The summed E-state index contributed by atoms with van der Waals surface area (Å²) in [6.45, 7) is 5.10. The molecule has 0 aliphatic rings. The van der Waals surface area contributed by atoms with Crippen LogP contribution in [0, 0.1) is 19.7 Å². The second-order valence-corrected chi connectivity index (χ2v) is 6.96. The molecule has 1 aromatic heterocycles.